The molecule has 0 fully saturated rings. The van der Waals surface area contributed by atoms with Crippen LogP contribution in [0.4, 0.5) is 0 Å². The van der Waals surface area contributed by atoms with Crippen molar-refractivity contribution in [3.63, 3.8) is 0 Å². The number of ether oxygens (including phenoxy) is 1. The van der Waals surface area contributed by atoms with E-state index in [0.29, 0.717) is 0 Å². The van der Waals surface area contributed by atoms with Gasteiger partial charge in [0.15, 0.2) is 0 Å². The molecule has 1 aromatic heterocycles. The smallest absolute Gasteiger partial charge is 0.126 e. The predicted molar refractivity (Wildman–Crippen MR) is 61.9 cm³/mol. The van der Waals surface area contributed by atoms with E-state index >= 15 is 0 Å². The maximum absolute atomic E-state index is 5.40. The number of allylic oxidation sites excluding steroid dienone is 1. The number of nitrogens with zero attached hydrogens (tertiary/aromatic N) is 2. The number of hydrogen-bond acceptors (Lipinski definition) is 3. The van der Waals surface area contributed by atoms with Crippen molar-refractivity contribution in [2.75, 3.05) is 0 Å². The Morgan fingerprint density at radius 2 is 1.94 bits per heavy atom. The summed E-state index contributed by atoms with van der Waals surface area (Å²) in [5.41, 5.74) is 0.926. The minimum Gasteiger partial charge on any atom is -0.465 e. The number of rotatable bonds is 4. The van der Waals surface area contributed by atoms with Gasteiger partial charge in [0.2, 0.25) is 0 Å². The SMILES string of the molecule is C(=COc1ccccc1)Cc1cccnn1. The van der Waals surface area contributed by atoms with Crippen molar-refractivity contribution >= 4 is 0 Å². The molecule has 1 aromatic carbocycles. The maximum Gasteiger partial charge on any atom is 0.126 e. The molecule has 0 amide bonds. The van der Waals surface area contributed by atoms with Crippen LogP contribution < -0.4 is 4.74 Å². The van der Waals surface area contributed by atoms with Gasteiger partial charge in [-0.1, -0.05) is 18.2 Å². The topological polar surface area (TPSA) is 35.0 Å². The van der Waals surface area contributed by atoms with Gasteiger partial charge in [-0.3, -0.25) is 0 Å². The van der Waals surface area contributed by atoms with E-state index in [9.17, 15) is 0 Å². The highest BCUT2D eigenvalue weighted by atomic mass is 16.5. The molecule has 2 rings (SSSR count). The van der Waals surface area contributed by atoms with Gasteiger partial charge in [0, 0.05) is 12.6 Å². The second kappa shape index (κ2) is 5.66. The van der Waals surface area contributed by atoms with E-state index in [0.717, 1.165) is 17.9 Å². The zero-order valence-corrected chi connectivity index (χ0v) is 8.78. The van der Waals surface area contributed by atoms with E-state index in [4.69, 9.17) is 4.74 Å². The molecular formula is C13H12N2O. The zero-order valence-electron chi connectivity index (χ0n) is 8.78. The lowest BCUT2D eigenvalue weighted by atomic mass is 10.3. The molecule has 0 spiro atoms. The summed E-state index contributed by atoms with van der Waals surface area (Å²) in [6.45, 7) is 0. The average Bonchev–Trinajstić information content (AvgIpc) is 2.37. The van der Waals surface area contributed by atoms with Crippen molar-refractivity contribution in [1.29, 1.82) is 0 Å². The highest BCUT2D eigenvalue weighted by Crippen LogP contribution is 2.08. The third-order valence-corrected chi connectivity index (χ3v) is 2.00. The molecule has 0 aliphatic rings. The summed E-state index contributed by atoms with van der Waals surface area (Å²) in [5.74, 6) is 0.831. The molecule has 0 N–H and O–H groups in total. The van der Waals surface area contributed by atoms with Gasteiger partial charge in [0.25, 0.3) is 0 Å². The van der Waals surface area contributed by atoms with E-state index in [-0.39, 0.29) is 0 Å². The highest BCUT2D eigenvalue weighted by Gasteiger charge is 1.89. The third kappa shape index (κ3) is 3.20. The van der Waals surface area contributed by atoms with Crippen LogP contribution >= 0.6 is 0 Å². The summed E-state index contributed by atoms with van der Waals surface area (Å²) in [6.07, 6.45) is 5.97. The molecule has 0 bridgehead atoms. The normalized spacial score (nSPS) is 10.5. The van der Waals surface area contributed by atoms with Gasteiger partial charge in [-0.05, 0) is 30.3 Å². The molecule has 1 heterocycles. The first-order chi connectivity index (χ1) is 7.95. The first-order valence-electron chi connectivity index (χ1n) is 5.08. The van der Waals surface area contributed by atoms with Crippen LogP contribution in [-0.2, 0) is 6.42 Å². The zero-order chi connectivity index (χ0) is 11.1. The number of benzene rings is 1. The lowest BCUT2D eigenvalue weighted by Gasteiger charge is -1.98. The van der Waals surface area contributed by atoms with Crippen LogP contribution in [0.25, 0.3) is 0 Å². The standard InChI is InChI=1S/C13H12N2O/c1-2-8-13(9-3-1)16-11-5-7-12-6-4-10-14-15-12/h1-6,8-11H,7H2. The number of para-hydroxylation sites is 1. The Bertz CT molecular complexity index is 397. The molecule has 16 heavy (non-hydrogen) atoms. The van der Waals surface area contributed by atoms with Gasteiger partial charge >= 0.3 is 0 Å². The van der Waals surface area contributed by atoms with Crippen molar-refractivity contribution in [1.82, 2.24) is 10.2 Å². The van der Waals surface area contributed by atoms with Gasteiger partial charge in [0.1, 0.15) is 5.75 Å². The Kier molecular flexibility index (Phi) is 3.66. The molecule has 0 saturated carbocycles. The molecule has 2 aromatic rings. The molecule has 80 valence electrons. The van der Waals surface area contributed by atoms with Crippen LogP contribution in [0.2, 0.25) is 0 Å². The van der Waals surface area contributed by atoms with E-state index in [2.05, 4.69) is 10.2 Å². The number of hydrogen-bond donors (Lipinski definition) is 0. The maximum atomic E-state index is 5.40. The second-order valence-electron chi connectivity index (χ2n) is 3.22. The first-order valence-corrected chi connectivity index (χ1v) is 5.08. The van der Waals surface area contributed by atoms with E-state index in [1.165, 1.54) is 0 Å². The number of aromatic nitrogens is 2. The fraction of sp³-hybridized carbons (Fsp3) is 0.0769. The summed E-state index contributed by atoms with van der Waals surface area (Å²) in [5, 5.41) is 7.76. The molecule has 0 aliphatic carbocycles. The van der Waals surface area contributed by atoms with Crippen molar-refractivity contribution in [3.8, 4) is 5.75 Å². The van der Waals surface area contributed by atoms with Gasteiger partial charge in [-0.25, -0.2) is 0 Å². The summed E-state index contributed by atoms with van der Waals surface area (Å²) in [6, 6.07) is 13.4. The minimum atomic E-state index is 0.723. The minimum absolute atomic E-state index is 0.723. The summed E-state index contributed by atoms with van der Waals surface area (Å²) >= 11 is 0. The van der Waals surface area contributed by atoms with E-state index in [1.807, 2.05) is 48.5 Å². The second-order valence-corrected chi connectivity index (χ2v) is 3.22. The van der Waals surface area contributed by atoms with Crippen LogP contribution in [0.3, 0.4) is 0 Å². The Morgan fingerprint density at radius 3 is 2.69 bits per heavy atom. The molecule has 0 radical (unpaired) electrons. The van der Waals surface area contributed by atoms with Crippen LogP contribution in [0.1, 0.15) is 5.69 Å². The van der Waals surface area contributed by atoms with Crippen LogP contribution in [0.15, 0.2) is 61.0 Å². The molecule has 3 nitrogen and oxygen atoms in total. The summed E-state index contributed by atoms with van der Waals surface area (Å²) < 4.78 is 5.40. The van der Waals surface area contributed by atoms with Gasteiger partial charge in [-0.2, -0.15) is 10.2 Å². The van der Waals surface area contributed by atoms with E-state index < -0.39 is 0 Å². The molecule has 3 heteroatoms. The average molecular weight is 212 g/mol. The van der Waals surface area contributed by atoms with Crippen LogP contribution in [0.5, 0.6) is 5.75 Å². The van der Waals surface area contributed by atoms with Gasteiger partial charge in [0.05, 0.1) is 12.0 Å². The highest BCUT2D eigenvalue weighted by molar-refractivity contribution is 5.21. The van der Waals surface area contributed by atoms with Gasteiger partial charge < -0.3 is 4.74 Å². The monoisotopic (exact) mass is 212 g/mol. The predicted octanol–water partition coefficient (Wildman–Crippen LogP) is 2.61. The third-order valence-electron chi connectivity index (χ3n) is 2.00. The Balaban J connectivity index is 1.83. The Labute approximate surface area is 94.4 Å². The lowest BCUT2D eigenvalue weighted by Crippen LogP contribution is -1.89. The largest absolute Gasteiger partial charge is 0.465 e. The molecule has 0 saturated heterocycles. The Morgan fingerprint density at radius 1 is 1.06 bits per heavy atom. The van der Waals surface area contributed by atoms with Crippen LogP contribution in [-0.4, -0.2) is 10.2 Å². The first kappa shape index (κ1) is 10.4. The molecular weight excluding hydrogens is 200 g/mol. The fourth-order valence-electron chi connectivity index (χ4n) is 1.24. The van der Waals surface area contributed by atoms with Gasteiger partial charge in [-0.15, -0.1) is 0 Å². The molecule has 0 atom stereocenters. The summed E-state index contributed by atoms with van der Waals surface area (Å²) in [7, 11) is 0. The fourth-order valence-corrected chi connectivity index (χ4v) is 1.24. The van der Waals surface area contributed by atoms with Crippen LogP contribution in [0, 0.1) is 0 Å². The quantitative estimate of drug-likeness (QED) is 0.731. The van der Waals surface area contributed by atoms with Crippen molar-refractivity contribution < 1.29 is 4.74 Å². The molecule has 0 aliphatic heterocycles. The summed E-state index contributed by atoms with van der Waals surface area (Å²) in [4.78, 5) is 0. The lowest BCUT2D eigenvalue weighted by molar-refractivity contribution is 0.479. The van der Waals surface area contributed by atoms with E-state index in [1.54, 1.807) is 12.5 Å². The van der Waals surface area contributed by atoms with Crippen molar-refractivity contribution in [2.45, 2.75) is 6.42 Å². The van der Waals surface area contributed by atoms with Crippen molar-refractivity contribution in [2.24, 2.45) is 0 Å². The van der Waals surface area contributed by atoms with Crippen molar-refractivity contribution in [3.05, 3.63) is 66.7 Å². The Hall–Kier alpha value is -2.16. The molecule has 0 unspecified atom stereocenters.